The molecule has 2 rings (SSSR count). The maximum atomic E-state index is 5.31. The highest BCUT2D eigenvalue weighted by Gasteiger charge is 2.04. The van der Waals surface area contributed by atoms with Crippen LogP contribution in [0.3, 0.4) is 0 Å². The summed E-state index contributed by atoms with van der Waals surface area (Å²) in [6, 6.07) is 9.92. The lowest BCUT2D eigenvalue weighted by atomic mass is 10.1. The first-order valence-electron chi connectivity index (χ1n) is 6.85. The third-order valence-corrected chi connectivity index (χ3v) is 3.21. The molecule has 2 N–H and O–H groups in total. The van der Waals surface area contributed by atoms with Gasteiger partial charge in [0.25, 0.3) is 0 Å². The Hall–Kier alpha value is -2.43. The first kappa shape index (κ1) is 15.0. The zero-order valence-corrected chi connectivity index (χ0v) is 12.6. The molecule has 1 heterocycles. The zero-order valence-electron chi connectivity index (χ0n) is 12.6. The van der Waals surface area contributed by atoms with Crippen LogP contribution in [0.5, 0.6) is 11.5 Å². The molecule has 5 heteroatoms. The van der Waals surface area contributed by atoms with Crippen LogP contribution in [0.25, 0.3) is 0 Å². The molecule has 5 nitrogen and oxygen atoms in total. The van der Waals surface area contributed by atoms with Crippen LogP contribution in [0.4, 0.5) is 11.5 Å². The van der Waals surface area contributed by atoms with Gasteiger partial charge in [-0.05, 0) is 30.2 Å². The zero-order chi connectivity index (χ0) is 15.1. The van der Waals surface area contributed by atoms with Crippen molar-refractivity contribution in [2.75, 3.05) is 38.4 Å². The van der Waals surface area contributed by atoms with Gasteiger partial charge in [0, 0.05) is 31.5 Å². The van der Waals surface area contributed by atoms with Gasteiger partial charge in [-0.15, -0.1) is 0 Å². The van der Waals surface area contributed by atoms with Gasteiger partial charge in [0.15, 0.2) is 11.5 Å². The summed E-state index contributed by atoms with van der Waals surface area (Å²) in [4.78, 5) is 4.18. The highest BCUT2D eigenvalue weighted by molar-refractivity contribution is 5.51. The molecule has 0 radical (unpaired) electrons. The smallest absolute Gasteiger partial charge is 0.160 e. The van der Waals surface area contributed by atoms with Crippen molar-refractivity contribution in [1.29, 1.82) is 0 Å². The molecule has 0 aliphatic rings. The van der Waals surface area contributed by atoms with E-state index in [1.807, 2.05) is 31.3 Å². The number of aromatic nitrogens is 1. The number of nitrogens with zero attached hydrogens (tertiary/aromatic N) is 1. The minimum Gasteiger partial charge on any atom is -0.493 e. The predicted molar refractivity (Wildman–Crippen MR) is 85.5 cm³/mol. The van der Waals surface area contributed by atoms with Gasteiger partial charge >= 0.3 is 0 Å². The van der Waals surface area contributed by atoms with E-state index >= 15 is 0 Å². The van der Waals surface area contributed by atoms with Gasteiger partial charge < -0.3 is 20.1 Å². The van der Waals surface area contributed by atoms with Crippen molar-refractivity contribution < 1.29 is 9.47 Å². The summed E-state index contributed by atoms with van der Waals surface area (Å²) >= 11 is 0. The SMILES string of the molecule is CNc1cc(NCCc2ccc(OC)c(OC)c2)ccn1. The van der Waals surface area contributed by atoms with Crippen molar-refractivity contribution in [1.82, 2.24) is 4.98 Å². The summed E-state index contributed by atoms with van der Waals surface area (Å²) < 4.78 is 10.5. The Morgan fingerprint density at radius 1 is 1.05 bits per heavy atom. The Morgan fingerprint density at radius 2 is 1.86 bits per heavy atom. The molecule has 0 unspecified atom stereocenters. The van der Waals surface area contributed by atoms with Gasteiger partial charge in [0.05, 0.1) is 14.2 Å². The summed E-state index contributed by atoms with van der Waals surface area (Å²) in [5, 5.41) is 6.40. The lowest BCUT2D eigenvalue weighted by molar-refractivity contribution is 0.354. The monoisotopic (exact) mass is 287 g/mol. The molecule has 0 saturated heterocycles. The largest absolute Gasteiger partial charge is 0.493 e. The number of methoxy groups -OCH3 is 2. The molecule has 1 aromatic carbocycles. The Kier molecular flexibility index (Phi) is 5.26. The Bertz CT molecular complexity index is 587. The molecule has 0 atom stereocenters. The molecule has 0 amide bonds. The second-order valence-corrected chi connectivity index (χ2v) is 4.55. The third-order valence-electron chi connectivity index (χ3n) is 3.21. The van der Waals surface area contributed by atoms with E-state index in [0.29, 0.717) is 0 Å². The molecule has 1 aromatic heterocycles. The van der Waals surface area contributed by atoms with Crippen molar-refractivity contribution in [2.45, 2.75) is 6.42 Å². The highest BCUT2D eigenvalue weighted by atomic mass is 16.5. The van der Waals surface area contributed by atoms with Crippen LogP contribution < -0.4 is 20.1 Å². The van der Waals surface area contributed by atoms with E-state index in [1.165, 1.54) is 5.56 Å². The molecule has 0 saturated carbocycles. The second-order valence-electron chi connectivity index (χ2n) is 4.55. The second kappa shape index (κ2) is 7.38. The van der Waals surface area contributed by atoms with Crippen LogP contribution in [0.2, 0.25) is 0 Å². The first-order chi connectivity index (χ1) is 10.3. The molecule has 0 aliphatic heterocycles. The molecule has 112 valence electrons. The third kappa shape index (κ3) is 4.02. The fourth-order valence-corrected chi connectivity index (χ4v) is 2.06. The topological polar surface area (TPSA) is 55.4 Å². The minimum atomic E-state index is 0.752. The number of hydrogen-bond acceptors (Lipinski definition) is 5. The molecular weight excluding hydrogens is 266 g/mol. The summed E-state index contributed by atoms with van der Waals surface area (Å²) in [5.41, 5.74) is 2.25. The van der Waals surface area contributed by atoms with Gasteiger partial charge in [0.1, 0.15) is 5.82 Å². The predicted octanol–water partition coefficient (Wildman–Crippen LogP) is 2.80. The Balaban J connectivity index is 1.93. The van der Waals surface area contributed by atoms with Crippen LogP contribution in [-0.4, -0.2) is 32.8 Å². The fourth-order valence-electron chi connectivity index (χ4n) is 2.06. The average Bonchev–Trinajstić information content (AvgIpc) is 2.55. The molecule has 0 fully saturated rings. The van der Waals surface area contributed by atoms with Crippen molar-refractivity contribution in [3.63, 3.8) is 0 Å². The highest BCUT2D eigenvalue weighted by Crippen LogP contribution is 2.27. The molecule has 2 aromatic rings. The summed E-state index contributed by atoms with van der Waals surface area (Å²) in [6.45, 7) is 0.836. The van der Waals surface area contributed by atoms with E-state index in [9.17, 15) is 0 Å². The standard InChI is InChI=1S/C16H21N3O2/c1-17-16-11-13(7-9-19-16)18-8-6-12-4-5-14(20-2)15(10-12)21-3/h4-5,7,9-11H,6,8H2,1-3H3,(H2,17,18,19). The molecule has 0 bridgehead atoms. The fraction of sp³-hybridized carbons (Fsp3) is 0.312. The van der Waals surface area contributed by atoms with Gasteiger partial charge in [-0.1, -0.05) is 6.07 Å². The van der Waals surface area contributed by atoms with E-state index in [2.05, 4.69) is 21.7 Å². The summed E-state index contributed by atoms with van der Waals surface area (Å²) in [7, 11) is 5.15. The Labute approximate surface area is 125 Å². The number of rotatable bonds is 7. The molecule has 0 spiro atoms. The van der Waals surface area contributed by atoms with E-state index in [1.54, 1.807) is 20.4 Å². The number of benzene rings is 1. The molecular formula is C16H21N3O2. The van der Waals surface area contributed by atoms with E-state index in [-0.39, 0.29) is 0 Å². The van der Waals surface area contributed by atoms with E-state index < -0.39 is 0 Å². The van der Waals surface area contributed by atoms with Crippen LogP contribution in [0.1, 0.15) is 5.56 Å². The van der Waals surface area contributed by atoms with Crippen molar-refractivity contribution in [2.24, 2.45) is 0 Å². The average molecular weight is 287 g/mol. The van der Waals surface area contributed by atoms with Crippen LogP contribution >= 0.6 is 0 Å². The number of ether oxygens (including phenoxy) is 2. The number of hydrogen-bond donors (Lipinski definition) is 2. The maximum Gasteiger partial charge on any atom is 0.160 e. The van der Waals surface area contributed by atoms with E-state index in [4.69, 9.17) is 9.47 Å². The van der Waals surface area contributed by atoms with Crippen LogP contribution in [0.15, 0.2) is 36.5 Å². The lowest BCUT2D eigenvalue weighted by Gasteiger charge is -2.11. The van der Waals surface area contributed by atoms with Crippen molar-refractivity contribution >= 4 is 11.5 Å². The van der Waals surface area contributed by atoms with Gasteiger partial charge in [-0.25, -0.2) is 4.98 Å². The minimum absolute atomic E-state index is 0.752. The summed E-state index contributed by atoms with van der Waals surface area (Å²) in [6.07, 6.45) is 2.68. The normalized spacial score (nSPS) is 10.0. The van der Waals surface area contributed by atoms with Gasteiger partial charge in [-0.3, -0.25) is 0 Å². The molecule has 0 aliphatic carbocycles. The van der Waals surface area contributed by atoms with Gasteiger partial charge in [-0.2, -0.15) is 0 Å². The van der Waals surface area contributed by atoms with Crippen LogP contribution in [-0.2, 0) is 6.42 Å². The first-order valence-corrected chi connectivity index (χ1v) is 6.85. The van der Waals surface area contributed by atoms with Crippen molar-refractivity contribution in [3.8, 4) is 11.5 Å². The van der Waals surface area contributed by atoms with Gasteiger partial charge in [0.2, 0.25) is 0 Å². The van der Waals surface area contributed by atoms with Crippen molar-refractivity contribution in [3.05, 3.63) is 42.1 Å². The summed E-state index contributed by atoms with van der Waals surface area (Å²) in [5.74, 6) is 2.37. The Morgan fingerprint density at radius 3 is 2.57 bits per heavy atom. The number of nitrogens with one attached hydrogen (secondary N) is 2. The maximum absolute atomic E-state index is 5.31. The van der Waals surface area contributed by atoms with E-state index in [0.717, 1.165) is 36.0 Å². The quantitative estimate of drug-likeness (QED) is 0.820. The lowest BCUT2D eigenvalue weighted by Crippen LogP contribution is -2.06. The number of pyridine rings is 1. The molecule has 21 heavy (non-hydrogen) atoms. The number of anilines is 2. The van der Waals surface area contributed by atoms with Crippen LogP contribution in [0, 0.1) is 0 Å².